The van der Waals surface area contributed by atoms with Crippen molar-refractivity contribution >= 4 is 39.9 Å². The minimum atomic E-state index is -0.642. The van der Waals surface area contributed by atoms with Gasteiger partial charge in [-0.25, -0.2) is 4.79 Å². The maximum absolute atomic E-state index is 13.4. The fourth-order valence-electron chi connectivity index (χ4n) is 4.01. The minimum Gasteiger partial charge on any atom is -0.421 e. The van der Waals surface area contributed by atoms with Gasteiger partial charge in [-0.15, -0.1) is 0 Å². The number of carbonyl (C=O) groups excluding carboxylic acids is 1. The predicted molar refractivity (Wildman–Crippen MR) is 125 cm³/mol. The lowest BCUT2D eigenvalue weighted by atomic mass is 10.1. The number of ether oxygens (including phenoxy) is 1. The average molecular weight is 466 g/mol. The fourth-order valence-corrected chi connectivity index (χ4v) is 4.24. The highest BCUT2D eigenvalue weighted by Crippen LogP contribution is 2.35. The molecular weight excluding hydrogens is 446 g/mol. The Hall–Kier alpha value is -3.62. The van der Waals surface area contributed by atoms with Gasteiger partial charge in [0, 0.05) is 24.0 Å². The largest absolute Gasteiger partial charge is 0.421 e. The quantitative estimate of drug-likeness (QED) is 0.443. The number of halogens is 1. The van der Waals surface area contributed by atoms with Crippen molar-refractivity contribution in [2.45, 2.75) is 6.92 Å². The number of aromatic nitrogens is 1. The van der Waals surface area contributed by atoms with Gasteiger partial charge in [-0.1, -0.05) is 47.1 Å². The molecule has 9 heteroatoms. The Morgan fingerprint density at radius 2 is 1.82 bits per heavy atom. The van der Waals surface area contributed by atoms with Gasteiger partial charge in [0.25, 0.3) is 5.91 Å². The van der Waals surface area contributed by atoms with Crippen LogP contribution in [0.25, 0.3) is 22.2 Å². The molecule has 8 nitrogen and oxygen atoms in total. The van der Waals surface area contributed by atoms with Crippen molar-refractivity contribution < 1.29 is 18.5 Å². The number of anilines is 2. The molecule has 33 heavy (non-hydrogen) atoms. The third kappa shape index (κ3) is 3.88. The van der Waals surface area contributed by atoms with E-state index in [1.54, 1.807) is 43.3 Å². The van der Waals surface area contributed by atoms with E-state index in [9.17, 15) is 9.59 Å². The Morgan fingerprint density at radius 1 is 1.09 bits per heavy atom. The first-order valence-electron chi connectivity index (χ1n) is 10.5. The third-order valence-electron chi connectivity index (χ3n) is 5.57. The molecule has 0 unspecified atom stereocenters. The van der Waals surface area contributed by atoms with Crippen LogP contribution in [0.2, 0.25) is 5.02 Å². The van der Waals surface area contributed by atoms with Crippen molar-refractivity contribution in [1.29, 1.82) is 0 Å². The van der Waals surface area contributed by atoms with Crippen molar-refractivity contribution in [3.63, 3.8) is 0 Å². The SMILES string of the molecule is Cc1onc(-c2ccccc2Cl)c1C(=O)Nc1c(N2CCOCC2)c2ccccc2oc1=O. The number of para-hydroxylation sites is 1. The van der Waals surface area contributed by atoms with Crippen LogP contribution in [0.1, 0.15) is 16.1 Å². The minimum absolute atomic E-state index is 0.0614. The molecule has 1 aliphatic rings. The van der Waals surface area contributed by atoms with E-state index in [1.165, 1.54) is 0 Å². The molecule has 3 heterocycles. The van der Waals surface area contributed by atoms with Crippen LogP contribution >= 0.6 is 11.6 Å². The number of carbonyl (C=O) groups is 1. The van der Waals surface area contributed by atoms with Gasteiger partial charge in [0.05, 0.1) is 23.9 Å². The number of aryl methyl sites for hydroxylation is 1. The smallest absolute Gasteiger partial charge is 0.362 e. The molecule has 0 saturated carbocycles. The lowest BCUT2D eigenvalue weighted by Crippen LogP contribution is -2.38. The zero-order chi connectivity index (χ0) is 22.9. The second-order valence-corrected chi connectivity index (χ2v) is 8.01. The number of nitrogens with one attached hydrogen (secondary N) is 1. The van der Waals surface area contributed by atoms with Gasteiger partial charge in [-0.05, 0) is 25.1 Å². The molecule has 0 spiro atoms. The normalized spacial score (nSPS) is 13.9. The molecule has 0 atom stereocenters. The second-order valence-electron chi connectivity index (χ2n) is 7.61. The average Bonchev–Trinajstić information content (AvgIpc) is 3.21. The van der Waals surface area contributed by atoms with Crippen molar-refractivity contribution in [3.8, 4) is 11.3 Å². The Balaban J connectivity index is 1.62. The summed E-state index contributed by atoms with van der Waals surface area (Å²) in [4.78, 5) is 28.5. The van der Waals surface area contributed by atoms with Crippen LogP contribution in [0.4, 0.5) is 11.4 Å². The van der Waals surface area contributed by atoms with Crippen LogP contribution in [-0.2, 0) is 4.74 Å². The number of fused-ring (bicyclic) bond motifs is 1. The predicted octanol–water partition coefficient (Wildman–Crippen LogP) is 4.50. The van der Waals surface area contributed by atoms with Crippen LogP contribution in [-0.4, -0.2) is 37.4 Å². The first kappa shape index (κ1) is 21.2. The molecule has 1 aliphatic heterocycles. The van der Waals surface area contributed by atoms with Gasteiger partial charge in [-0.3, -0.25) is 4.79 Å². The van der Waals surface area contributed by atoms with Crippen LogP contribution < -0.4 is 15.8 Å². The molecule has 0 bridgehead atoms. The summed E-state index contributed by atoms with van der Waals surface area (Å²) < 4.78 is 16.3. The highest BCUT2D eigenvalue weighted by Gasteiger charge is 2.27. The highest BCUT2D eigenvalue weighted by atomic mass is 35.5. The standard InChI is InChI=1S/C24H20ClN3O5/c1-14-19(20(27-33-14)15-6-2-4-8-17(15)25)23(29)26-21-22(28-10-12-31-13-11-28)16-7-3-5-9-18(16)32-24(21)30/h2-9H,10-13H2,1H3,(H,26,29). The molecule has 4 aromatic rings. The van der Waals surface area contributed by atoms with E-state index in [4.69, 9.17) is 25.3 Å². The van der Waals surface area contributed by atoms with Gasteiger partial charge >= 0.3 is 5.63 Å². The third-order valence-corrected chi connectivity index (χ3v) is 5.90. The summed E-state index contributed by atoms with van der Waals surface area (Å²) in [6, 6.07) is 14.3. The molecule has 5 rings (SSSR count). The summed E-state index contributed by atoms with van der Waals surface area (Å²) in [7, 11) is 0. The molecule has 1 amide bonds. The number of amides is 1. The lowest BCUT2D eigenvalue weighted by Gasteiger charge is -2.30. The molecular formula is C24H20ClN3O5. The van der Waals surface area contributed by atoms with Gasteiger partial charge in [0.2, 0.25) is 0 Å². The second kappa shape index (κ2) is 8.73. The van der Waals surface area contributed by atoms with Gasteiger partial charge in [-0.2, -0.15) is 0 Å². The zero-order valence-corrected chi connectivity index (χ0v) is 18.5. The summed E-state index contributed by atoms with van der Waals surface area (Å²) in [5, 5.41) is 7.97. The van der Waals surface area contributed by atoms with Crippen LogP contribution in [0, 0.1) is 6.92 Å². The summed E-state index contributed by atoms with van der Waals surface area (Å²) in [5.74, 6) is -0.235. The molecule has 168 valence electrons. The summed E-state index contributed by atoms with van der Waals surface area (Å²) >= 11 is 6.33. The van der Waals surface area contributed by atoms with E-state index in [0.717, 1.165) is 5.39 Å². The Kier molecular flexibility index (Phi) is 5.62. The Bertz CT molecular complexity index is 1400. The maximum atomic E-state index is 13.4. The lowest BCUT2D eigenvalue weighted by molar-refractivity contribution is 0.102. The van der Waals surface area contributed by atoms with Crippen molar-refractivity contribution in [3.05, 3.63) is 75.3 Å². The van der Waals surface area contributed by atoms with Crippen molar-refractivity contribution in [2.75, 3.05) is 36.5 Å². The number of hydrogen-bond donors (Lipinski definition) is 1. The molecule has 0 aliphatic carbocycles. The molecule has 2 aromatic heterocycles. The fraction of sp³-hybridized carbons (Fsp3) is 0.208. The molecule has 1 fully saturated rings. The van der Waals surface area contributed by atoms with Crippen LogP contribution in [0.5, 0.6) is 0 Å². The first-order valence-corrected chi connectivity index (χ1v) is 10.8. The van der Waals surface area contributed by atoms with E-state index in [2.05, 4.69) is 10.5 Å². The zero-order valence-electron chi connectivity index (χ0n) is 17.8. The number of hydrogen-bond acceptors (Lipinski definition) is 7. The summed E-state index contributed by atoms with van der Waals surface area (Å²) in [5.41, 5.74) is 1.52. The van der Waals surface area contributed by atoms with E-state index in [1.807, 2.05) is 17.0 Å². The Labute approximate surface area is 193 Å². The monoisotopic (exact) mass is 465 g/mol. The Morgan fingerprint density at radius 3 is 2.61 bits per heavy atom. The van der Waals surface area contributed by atoms with E-state index < -0.39 is 11.5 Å². The van der Waals surface area contributed by atoms with Crippen molar-refractivity contribution in [1.82, 2.24) is 5.16 Å². The highest BCUT2D eigenvalue weighted by molar-refractivity contribution is 6.33. The van der Waals surface area contributed by atoms with Gasteiger partial charge < -0.3 is 23.9 Å². The molecule has 0 radical (unpaired) electrons. The van der Waals surface area contributed by atoms with E-state index >= 15 is 0 Å². The summed E-state index contributed by atoms with van der Waals surface area (Å²) in [6.07, 6.45) is 0. The number of morpholine rings is 1. The number of benzene rings is 2. The molecule has 1 N–H and O–H groups in total. The summed E-state index contributed by atoms with van der Waals surface area (Å²) in [6.45, 7) is 3.82. The number of rotatable bonds is 4. The van der Waals surface area contributed by atoms with Gasteiger partial charge in [0.1, 0.15) is 22.6 Å². The van der Waals surface area contributed by atoms with Crippen molar-refractivity contribution in [2.24, 2.45) is 0 Å². The van der Waals surface area contributed by atoms with Crippen LogP contribution in [0.3, 0.4) is 0 Å². The maximum Gasteiger partial charge on any atom is 0.362 e. The van der Waals surface area contributed by atoms with Gasteiger partial charge in [0.15, 0.2) is 5.69 Å². The number of nitrogens with zero attached hydrogens (tertiary/aromatic N) is 2. The van der Waals surface area contributed by atoms with E-state index in [0.29, 0.717) is 59.6 Å². The first-order chi connectivity index (χ1) is 16.0. The molecule has 1 saturated heterocycles. The molecule has 2 aromatic carbocycles. The van der Waals surface area contributed by atoms with E-state index in [-0.39, 0.29) is 11.3 Å². The topological polar surface area (TPSA) is 97.8 Å². The van der Waals surface area contributed by atoms with Crippen LogP contribution in [0.15, 0.2) is 62.3 Å².